The van der Waals surface area contributed by atoms with Crippen LogP contribution in [0.3, 0.4) is 0 Å². The van der Waals surface area contributed by atoms with Crippen LogP contribution in [0.2, 0.25) is 0 Å². The third-order valence-electron chi connectivity index (χ3n) is 4.24. The second-order valence-electron chi connectivity index (χ2n) is 7.72. The lowest BCUT2D eigenvalue weighted by molar-refractivity contribution is 0.220. The zero-order valence-corrected chi connectivity index (χ0v) is 13.0. The number of nitrogens with zero attached hydrogens (tertiary/aromatic N) is 2. The molecule has 1 saturated carbocycles. The smallest absolute Gasteiger partial charge is 0.134 e. The number of rotatable bonds is 1. The minimum atomic E-state index is 0.0275. The van der Waals surface area contributed by atoms with Crippen molar-refractivity contribution in [1.29, 1.82) is 0 Å². The maximum Gasteiger partial charge on any atom is 0.134 e. The molecule has 106 valence electrons. The Labute approximate surface area is 117 Å². The predicted octanol–water partition coefficient (Wildman–Crippen LogP) is 4.04. The van der Waals surface area contributed by atoms with E-state index in [1.807, 2.05) is 6.07 Å². The molecule has 0 radical (unpaired) electrons. The molecule has 0 amide bonds. The quantitative estimate of drug-likeness (QED) is 0.830. The van der Waals surface area contributed by atoms with Crippen LogP contribution in [0.5, 0.6) is 0 Å². The van der Waals surface area contributed by atoms with Crippen molar-refractivity contribution in [2.75, 3.05) is 5.73 Å². The lowest BCUT2D eigenvalue weighted by Gasteiger charge is -2.34. The molecule has 2 N–H and O–H groups in total. The van der Waals surface area contributed by atoms with E-state index in [0.717, 1.165) is 11.5 Å². The molecule has 19 heavy (non-hydrogen) atoms. The molecule has 3 nitrogen and oxygen atoms in total. The van der Waals surface area contributed by atoms with Gasteiger partial charge in [0.2, 0.25) is 0 Å². The topological polar surface area (TPSA) is 51.8 Å². The highest BCUT2D eigenvalue weighted by atomic mass is 15.0. The molecule has 2 rings (SSSR count). The van der Waals surface area contributed by atoms with Gasteiger partial charge in [-0.3, -0.25) is 0 Å². The average Bonchev–Trinajstić information content (AvgIpc) is 2.26. The van der Waals surface area contributed by atoms with Crippen molar-refractivity contribution >= 4 is 5.82 Å². The van der Waals surface area contributed by atoms with Gasteiger partial charge in [-0.2, -0.15) is 0 Å². The fourth-order valence-corrected chi connectivity index (χ4v) is 2.71. The fraction of sp³-hybridized carbons (Fsp3) is 0.750. The summed E-state index contributed by atoms with van der Waals surface area (Å²) in [4.78, 5) is 9.27. The summed E-state index contributed by atoms with van der Waals surface area (Å²) in [5, 5.41) is 0. The normalized spacial score (nSPS) is 20.5. The Balaban J connectivity index is 2.24. The van der Waals surface area contributed by atoms with Gasteiger partial charge >= 0.3 is 0 Å². The Morgan fingerprint density at radius 2 is 1.74 bits per heavy atom. The number of hydrogen-bond donors (Lipinski definition) is 1. The molecule has 0 saturated heterocycles. The van der Waals surface area contributed by atoms with Gasteiger partial charge in [0.05, 0.1) is 5.69 Å². The third kappa shape index (κ3) is 3.46. The van der Waals surface area contributed by atoms with Crippen molar-refractivity contribution in [2.45, 2.75) is 71.6 Å². The van der Waals surface area contributed by atoms with Gasteiger partial charge in [-0.15, -0.1) is 0 Å². The molecule has 1 aliphatic rings. The van der Waals surface area contributed by atoms with Crippen molar-refractivity contribution in [2.24, 2.45) is 5.41 Å². The molecule has 1 heterocycles. The van der Waals surface area contributed by atoms with E-state index < -0.39 is 0 Å². The molecule has 0 unspecified atom stereocenters. The second kappa shape index (κ2) is 4.77. The Morgan fingerprint density at radius 1 is 1.16 bits per heavy atom. The summed E-state index contributed by atoms with van der Waals surface area (Å²) < 4.78 is 0. The number of anilines is 1. The molecule has 1 aromatic rings. The molecular formula is C16H27N3. The minimum absolute atomic E-state index is 0.0275. The Morgan fingerprint density at radius 3 is 2.26 bits per heavy atom. The summed E-state index contributed by atoms with van der Waals surface area (Å²) in [6.07, 6.45) is 4.86. The minimum Gasteiger partial charge on any atom is -0.384 e. The molecule has 1 aromatic heterocycles. The highest BCUT2D eigenvalue weighted by Crippen LogP contribution is 2.41. The zero-order chi connectivity index (χ0) is 14.3. The Hall–Kier alpha value is -1.12. The van der Waals surface area contributed by atoms with Gasteiger partial charge in [0.25, 0.3) is 0 Å². The van der Waals surface area contributed by atoms with E-state index in [4.69, 9.17) is 10.7 Å². The zero-order valence-electron chi connectivity index (χ0n) is 13.0. The van der Waals surface area contributed by atoms with E-state index in [1.54, 1.807) is 0 Å². The van der Waals surface area contributed by atoms with E-state index in [9.17, 15) is 0 Å². The summed E-state index contributed by atoms with van der Waals surface area (Å²) in [5.41, 5.74) is 7.52. The third-order valence-corrected chi connectivity index (χ3v) is 4.24. The monoisotopic (exact) mass is 261 g/mol. The maximum absolute atomic E-state index is 5.96. The first-order valence-electron chi connectivity index (χ1n) is 7.32. The number of nitrogen functional groups attached to an aromatic ring is 1. The van der Waals surface area contributed by atoms with Crippen LogP contribution in [0.1, 0.15) is 77.7 Å². The SMILES string of the molecule is CC1(C)CCC(c2nc(N)cc(C(C)(C)C)n2)CC1. The summed E-state index contributed by atoms with van der Waals surface area (Å²) in [5.74, 6) is 2.05. The van der Waals surface area contributed by atoms with Crippen LogP contribution in [-0.4, -0.2) is 9.97 Å². The van der Waals surface area contributed by atoms with Crippen LogP contribution in [0, 0.1) is 5.41 Å². The van der Waals surface area contributed by atoms with Crippen LogP contribution in [-0.2, 0) is 5.41 Å². The van der Waals surface area contributed by atoms with Gasteiger partial charge in [-0.1, -0.05) is 34.6 Å². The first-order valence-corrected chi connectivity index (χ1v) is 7.32. The first-order chi connectivity index (χ1) is 8.67. The van der Waals surface area contributed by atoms with E-state index in [2.05, 4.69) is 39.6 Å². The second-order valence-corrected chi connectivity index (χ2v) is 7.72. The van der Waals surface area contributed by atoms with E-state index in [-0.39, 0.29) is 5.41 Å². The Kier molecular flexibility index (Phi) is 3.59. The highest BCUT2D eigenvalue weighted by molar-refractivity contribution is 5.33. The van der Waals surface area contributed by atoms with Gasteiger partial charge in [-0.25, -0.2) is 9.97 Å². The number of aromatic nitrogens is 2. The molecule has 0 aromatic carbocycles. The molecule has 3 heteroatoms. The largest absolute Gasteiger partial charge is 0.384 e. The van der Waals surface area contributed by atoms with E-state index in [0.29, 0.717) is 17.2 Å². The predicted molar refractivity (Wildman–Crippen MR) is 80.1 cm³/mol. The molecule has 0 spiro atoms. The standard InChI is InChI=1S/C16H27N3/c1-15(2,3)12-10-13(17)19-14(18-12)11-6-8-16(4,5)9-7-11/h10-11H,6-9H2,1-5H3,(H2,17,18,19). The number of nitrogens with two attached hydrogens (primary N) is 1. The molecule has 1 aliphatic carbocycles. The van der Waals surface area contributed by atoms with Crippen molar-refractivity contribution in [3.05, 3.63) is 17.6 Å². The van der Waals surface area contributed by atoms with Gasteiger partial charge in [-0.05, 0) is 31.1 Å². The summed E-state index contributed by atoms with van der Waals surface area (Å²) in [6, 6.07) is 1.91. The highest BCUT2D eigenvalue weighted by Gasteiger charge is 2.30. The molecule has 0 bridgehead atoms. The maximum atomic E-state index is 5.96. The van der Waals surface area contributed by atoms with Crippen molar-refractivity contribution in [3.63, 3.8) is 0 Å². The summed E-state index contributed by atoms with van der Waals surface area (Å²) >= 11 is 0. The van der Waals surface area contributed by atoms with Crippen LogP contribution < -0.4 is 5.73 Å². The van der Waals surface area contributed by atoms with E-state index >= 15 is 0 Å². The van der Waals surface area contributed by atoms with Crippen molar-refractivity contribution in [3.8, 4) is 0 Å². The average molecular weight is 261 g/mol. The van der Waals surface area contributed by atoms with Crippen molar-refractivity contribution < 1.29 is 0 Å². The van der Waals surface area contributed by atoms with E-state index in [1.165, 1.54) is 25.7 Å². The summed E-state index contributed by atoms with van der Waals surface area (Å²) in [6.45, 7) is 11.2. The lowest BCUT2D eigenvalue weighted by Crippen LogP contribution is -2.23. The summed E-state index contributed by atoms with van der Waals surface area (Å²) in [7, 11) is 0. The van der Waals surface area contributed by atoms with Gasteiger partial charge in [0, 0.05) is 17.4 Å². The molecule has 1 fully saturated rings. The van der Waals surface area contributed by atoms with Crippen molar-refractivity contribution in [1.82, 2.24) is 9.97 Å². The molecular weight excluding hydrogens is 234 g/mol. The van der Waals surface area contributed by atoms with Crippen LogP contribution in [0.15, 0.2) is 6.07 Å². The van der Waals surface area contributed by atoms with Crippen LogP contribution >= 0.6 is 0 Å². The molecule has 0 atom stereocenters. The van der Waals surface area contributed by atoms with Gasteiger partial charge < -0.3 is 5.73 Å². The Bertz CT molecular complexity index is 448. The molecule has 0 aliphatic heterocycles. The van der Waals surface area contributed by atoms with Gasteiger partial charge in [0.1, 0.15) is 11.6 Å². The fourth-order valence-electron chi connectivity index (χ4n) is 2.71. The first kappa shape index (κ1) is 14.3. The lowest BCUT2D eigenvalue weighted by atomic mass is 9.73. The van der Waals surface area contributed by atoms with Gasteiger partial charge in [0.15, 0.2) is 0 Å². The van der Waals surface area contributed by atoms with Crippen LogP contribution in [0.25, 0.3) is 0 Å². The number of hydrogen-bond acceptors (Lipinski definition) is 3. The van der Waals surface area contributed by atoms with Crippen LogP contribution in [0.4, 0.5) is 5.82 Å².